The zero-order chi connectivity index (χ0) is 10.1. The Labute approximate surface area is 102 Å². The minimum absolute atomic E-state index is 0. The van der Waals surface area contributed by atoms with Crippen LogP contribution in [0.4, 0.5) is 8.78 Å². The van der Waals surface area contributed by atoms with Crippen molar-refractivity contribution in [1.82, 2.24) is 0 Å². The Morgan fingerprint density at radius 2 is 1.79 bits per heavy atom. The molecule has 3 nitrogen and oxygen atoms in total. The van der Waals surface area contributed by atoms with Gasteiger partial charge in [-0.05, 0) is 17.7 Å². The van der Waals surface area contributed by atoms with Crippen LogP contribution < -0.4 is 29.6 Å². The third kappa shape index (κ3) is 4.47. The second-order valence-electron chi connectivity index (χ2n) is 2.45. The molecule has 1 aromatic carbocycles. The van der Waals surface area contributed by atoms with Gasteiger partial charge in [-0.1, -0.05) is 6.07 Å². The van der Waals surface area contributed by atoms with Crippen molar-refractivity contribution < 1.29 is 51.3 Å². The van der Waals surface area contributed by atoms with Crippen LogP contribution in [-0.2, 0) is 15.9 Å². The van der Waals surface area contributed by atoms with Gasteiger partial charge in [-0.2, -0.15) is 0 Å². The molecule has 0 aliphatic carbocycles. The molecule has 0 atom stereocenters. The molecule has 0 fully saturated rings. The smallest absolute Gasteiger partial charge is 0.748 e. The van der Waals surface area contributed by atoms with E-state index in [-0.39, 0.29) is 35.1 Å². The van der Waals surface area contributed by atoms with Crippen LogP contribution in [0.2, 0.25) is 0 Å². The van der Waals surface area contributed by atoms with Crippen molar-refractivity contribution in [3.8, 4) is 0 Å². The van der Waals surface area contributed by atoms with Crippen LogP contribution in [0, 0.1) is 11.6 Å². The van der Waals surface area contributed by atoms with E-state index < -0.39 is 27.5 Å². The fourth-order valence-corrected chi connectivity index (χ4v) is 1.42. The first kappa shape index (κ1) is 14.0. The molecule has 1 rings (SSSR count). The molecule has 0 radical (unpaired) electrons. The predicted octanol–water partition coefficient (Wildman–Crippen LogP) is -1.99. The number of hydrogen-bond donors (Lipinski definition) is 0. The average molecular weight is 230 g/mol. The number of halogens is 2. The van der Waals surface area contributed by atoms with Gasteiger partial charge in [0.25, 0.3) is 0 Å². The van der Waals surface area contributed by atoms with Crippen molar-refractivity contribution in [2.24, 2.45) is 0 Å². The topological polar surface area (TPSA) is 57.2 Å². The summed E-state index contributed by atoms with van der Waals surface area (Å²) in [7, 11) is -4.45. The maximum atomic E-state index is 12.5. The molecule has 0 saturated carbocycles. The molecule has 1 aromatic rings. The van der Waals surface area contributed by atoms with Gasteiger partial charge in [0.15, 0.2) is 11.6 Å². The largest absolute Gasteiger partial charge is 1.00 e. The molecular formula is C7H5F2NaO3S. The Hall–Kier alpha value is -0.0100. The Bertz CT molecular complexity index is 419. The summed E-state index contributed by atoms with van der Waals surface area (Å²) in [4.78, 5) is 0. The van der Waals surface area contributed by atoms with Crippen LogP contribution >= 0.6 is 0 Å². The molecule has 0 heterocycles. The Balaban J connectivity index is 0.00000169. The Kier molecular flexibility index (Phi) is 5.17. The van der Waals surface area contributed by atoms with Crippen LogP contribution in [0.25, 0.3) is 0 Å². The van der Waals surface area contributed by atoms with Crippen LogP contribution in [0.5, 0.6) is 0 Å². The summed E-state index contributed by atoms with van der Waals surface area (Å²) in [5.74, 6) is -3.07. The van der Waals surface area contributed by atoms with Crippen LogP contribution in [-0.4, -0.2) is 13.0 Å². The van der Waals surface area contributed by atoms with Crippen molar-refractivity contribution in [2.75, 3.05) is 0 Å². The van der Waals surface area contributed by atoms with Gasteiger partial charge in [-0.25, -0.2) is 17.2 Å². The molecule has 7 heteroatoms. The number of hydrogen-bond acceptors (Lipinski definition) is 3. The van der Waals surface area contributed by atoms with Gasteiger partial charge < -0.3 is 4.55 Å². The minimum atomic E-state index is -4.45. The molecule has 0 saturated heterocycles. The summed E-state index contributed by atoms with van der Waals surface area (Å²) in [5, 5.41) is 0. The summed E-state index contributed by atoms with van der Waals surface area (Å²) >= 11 is 0. The first-order valence-electron chi connectivity index (χ1n) is 3.26. The summed E-state index contributed by atoms with van der Waals surface area (Å²) in [6.07, 6.45) is 0. The molecule has 72 valence electrons. The fraction of sp³-hybridized carbons (Fsp3) is 0.143. The van der Waals surface area contributed by atoms with E-state index in [2.05, 4.69) is 0 Å². The van der Waals surface area contributed by atoms with E-state index in [1.54, 1.807) is 0 Å². The van der Waals surface area contributed by atoms with E-state index in [1.807, 2.05) is 0 Å². The average Bonchev–Trinajstić information content (AvgIpc) is 1.94. The summed E-state index contributed by atoms with van der Waals surface area (Å²) in [6, 6.07) is 2.51. The van der Waals surface area contributed by atoms with E-state index in [0.717, 1.165) is 12.1 Å². The van der Waals surface area contributed by atoms with Crippen molar-refractivity contribution in [1.29, 1.82) is 0 Å². The van der Waals surface area contributed by atoms with Gasteiger partial charge in [-0.3, -0.25) is 0 Å². The third-order valence-corrected chi connectivity index (χ3v) is 2.01. The van der Waals surface area contributed by atoms with Crippen molar-refractivity contribution in [2.45, 2.75) is 5.75 Å². The van der Waals surface area contributed by atoms with Crippen LogP contribution in [0.15, 0.2) is 18.2 Å². The second kappa shape index (κ2) is 5.18. The van der Waals surface area contributed by atoms with Crippen LogP contribution in [0.1, 0.15) is 5.56 Å². The van der Waals surface area contributed by atoms with E-state index >= 15 is 0 Å². The van der Waals surface area contributed by atoms with E-state index in [0.29, 0.717) is 6.07 Å². The molecule has 0 aromatic heterocycles. The summed E-state index contributed by atoms with van der Waals surface area (Å²) in [6.45, 7) is 0. The zero-order valence-electron chi connectivity index (χ0n) is 7.33. The monoisotopic (exact) mass is 230 g/mol. The van der Waals surface area contributed by atoms with Gasteiger partial charge in [0.05, 0.1) is 15.9 Å². The molecule has 0 spiro atoms. The third-order valence-electron chi connectivity index (χ3n) is 1.33. The molecule has 0 unspecified atom stereocenters. The molecule has 14 heavy (non-hydrogen) atoms. The van der Waals surface area contributed by atoms with Crippen LogP contribution in [0.3, 0.4) is 0 Å². The first-order valence-corrected chi connectivity index (χ1v) is 4.84. The summed E-state index contributed by atoms with van der Waals surface area (Å²) in [5.41, 5.74) is -0.0612. The van der Waals surface area contributed by atoms with Gasteiger partial charge in [0.1, 0.15) is 0 Å². The molecule has 0 bridgehead atoms. The van der Waals surface area contributed by atoms with Crippen molar-refractivity contribution in [3.05, 3.63) is 35.4 Å². The van der Waals surface area contributed by atoms with E-state index in [4.69, 9.17) is 0 Å². The first-order chi connectivity index (χ1) is 5.88. The predicted molar refractivity (Wildman–Crippen MR) is 39.8 cm³/mol. The van der Waals surface area contributed by atoms with Gasteiger partial charge in [-0.15, -0.1) is 0 Å². The van der Waals surface area contributed by atoms with Crippen molar-refractivity contribution in [3.63, 3.8) is 0 Å². The zero-order valence-corrected chi connectivity index (χ0v) is 10.1. The van der Waals surface area contributed by atoms with E-state index in [1.165, 1.54) is 0 Å². The van der Waals surface area contributed by atoms with Gasteiger partial charge >= 0.3 is 29.6 Å². The Morgan fingerprint density at radius 1 is 1.21 bits per heavy atom. The van der Waals surface area contributed by atoms with Gasteiger partial charge in [0, 0.05) is 0 Å². The molecular weight excluding hydrogens is 225 g/mol. The van der Waals surface area contributed by atoms with Crippen molar-refractivity contribution >= 4 is 10.1 Å². The van der Waals surface area contributed by atoms with E-state index in [9.17, 15) is 21.8 Å². The quantitative estimate of drug-likeness (QED) is 0.437. The maximum Gasteiger partial charge on any atom is 1.00 e. The fourth-order valence-electron chi connectivity index (χ4n) is 0.834. The minimum Gasteiger partial charge on any atom is -0.748 e. The molecule has 0 N–H and O–H groups in total. The molecule has 0 aliphatic heterocycles. The summed E-state index contributed by atoms with van der Waals surface area (Å²) < 4.78 is 55.5. The molecule has 0 aliphatic rings. The SMILES string of the molecule is O=S(=O)([O-])Cc1ccc(F)c(F)c1.[Na+]. The molecule has 0 amide bonds. The number of rotatable bonds is 2. The normalized spacial score (nSPS) is 10.8. The number of benzene rings is 1. The second-order valence-corrected chi connectivity index (χ2v) is 3.85. The Morgan fingerprint density at radius 3 is 2.21 bits per heavy atom. The standard InChI is InChI=1S/C7H6F2O3S.Na/c8-6-2-1-5(3-7(6)9)4-13(10,11)12;/h1-3H,4H2,(H,10,11,12);/q;+1/p-1. The maximum absolute atomic E-state index is 12.5. The van der Waals surface area contributed by atoms with Gasteiger partial charge in [0.2, 0.25) is 0 Å².